The van der Waals surface area contributed by atoms with Gasteiger partial charge in [0.15, 0.2) is 5.78 Å². The number of ketones is 1. The van der Waals surface area contributed by atoms with Crippen LogP contribution in [0.25, 0.3) is 0 Å². The van der Waals surface area contributed by atoms with E-state index in [0.717, 1.165) is 0 Å². The smallest absolute Gasteiger partial charge is 0.182 e. The molecule has 0 aromatic carbocycles. The van der Waals surface area contributed by atoms with Crippen LogP contribution in [0.15, 0.2) is 6.20 Å². The maximum atomic E-state index is 11.5. The van der Waals surface area contributed by atoms with Crippen LogP contribution in [-0.2, 0) is 7.05 Å². The highest BCUT2D eigenvalue weighted by atomic mass is 16.1. The van der Waals surface area contributed by atoms with E-state index in [9.17, 15) is 4.79 Å². The molecular formula is C8H14N4O. The van der Waals surface area contributed by atoms with Crippen LogP contribution in [0.5, 0.6) is 0 Å². The largest absolute Gasteiger partial charge is 0.330 e. The summed E-state index contributed by atoms with van der Waals surface area (Å²) in [5.41, 5.74) is 5.96. The number of Topliss-reactive ketones (excluding diaryl/α,β-unsaturated/α-hetero) is 1. The Balaban J connectivity index is 2.64. The zero-order valence-corrected chi connectivity index (χ0v) is 7.90. The fraction of sp³-hybridized carbons (Fsp3) is 0.625. The van der Waals surface area contributed by atoms with Gasteiger partial charge in [-0.3, -0.25) is 4.79 Å². The van der Waals surface area contributed by atoms with E-state index in [1.54, 1.807) is 7.05 Å². The average Bonchev–Trinajstić information content (AvgIpc) is 2.51. The Bertz CT molecular complexity index is 294. The van der Waals surface area contributed by atoms with Gasteiger partial charge >= 0.3 is 0 Å². The molecule has 2 N–H and O–H groups in total. The maximum Gasteiger partial charge on any atom is 0.182 e. The summed E-state index contributed by atoms with van der Waals surface area (Å²) in [4.78, 5) is 11.5. The van der Waals surface area contributed by atoms with Gasteiger partial charge in [-0.15, -0.1) is 5.10 Å². The molecule has 0 aliphatic carbocycles. The molecule has 1 aromatic rings. The number of aryl methyl sites for hydroxylation is 1. The van der Waals surface area contributed by atoms with Crippen LogP contribution in [0.2, 0.25) is 0 Å². The van der Waals surface area contributed by atoms with Gasteiger partial charge in [0, 0.05) is 13.5 Å². The Kier molecular flexibility index (Phi) is 3.13. The summed E-state index contributed by atoms with van der Waals surface area (Å²) >= 11 is 0. The molecular weight excluding hydrogens is 168 g/mol. The Morgan fingerprint density at radius 3 is 2.92 bits per heavy atom. The fourth-order valence-corrected chi connectivity index (χ4v) is 1.05. The van der Waals surface area contributed by atoms with Gasteiger partial charge in [-0.25, -0.2) is 4.68 Å². The highest BCUT2D eigenvalue weighted by Gasteiger charge is 2.13. The van der Waals surface area contributed by atoms with Crippen molar-refractivity contribution >= 4 is 5.78 Å². The van der Waals surface area contributed by atoms with Crippen LogP contribution < -0.4 is 5.73 Å². The highest BCUT2D eigenvalue weighted by Crippen LogP contribution is 2.06. The number of nitrogens with zero attached hydrogens (tertiary/aromatic N) is 3. The second kappa shape index (κ2) is 4.13. The number of nitrogens with two attached hydrogens (primary N) is 1. The molecule has 0 bridgehead atoms. The molecule has 0 amide bonds. The molecule has 0 aliphatic rings. The lowest BCUT2D eigenvalue weighted by Gasteiger charge is -2.05. The van der Waals surface area contributed by atoms with Crippen LogP contribution in [0, 0.1) is 5.92 Å². The summed E-state index contributed by atoms with van der Waals surface area (Å²) in [6, 6.07) is 0. The molecule has 1 atom stereocenters. The van der Waals surface area contributed by atoms with Crippen LogP contribution in [0.4, 0.5) is 0 Å². The number of hydrogen-bond acceptors (Lipinski definition) is 4. The predicted octanol–water partition coefficient (Wildman–Crippen LogP) is -0.0173. The summed E-state index contributed by atoms with van der Waals surface area (Å²) in [7, 11) is 1.70. The molecule has 1 unspecified atom stereocenters. The Morgan fingerprint density at radius 1 is 1.77 bits per heavy atom. The first-order chi connectivity index (χ1) is 6.15. The average molecular weight is 182 g/mol. The van der Waals surface area contributed by atoms with Crippen LogP contribution >= 0.6 is 0 Å². The van der Waals surface area contributed by atoms with Crippen molar-refractivity contribution in [3.63, 3.8) is 0 Å². The van der Waals surface area contributed by atoms with E-state index in [2.05, 4.69) is 10.3 Å². The molecule has 1 aromatic heterocycles. The van der Waals surface area contributed by atoms with Crippen molar-refractivity contribution < 1.29 is 4.79 Å². The third kappa shape index (κ3) is 2.35. The van der Waals surface area contributed by atoms with E-state index in [1.165, 1.54) is 10.9 Å². The summed E-state index contributed by atoms with van der Waals surface area (Å²) in [6.07, 6.45) is 1.93. The van der Waals surface area contributed by atoms with Crippen molar-refractivity contribution in [1.82, 2.24) is 15.0 Å². The first-order valence-electron chi connectivity index (χ1n) is 4.23. The van der Waals surface area contributed by atoms with Crippen molar-refractivity contribution in [2.75, 3.05) is 6.54 Å². The van der Waals surface area contributed by atoms with Gasteiger partial charge < -0.3 is 5.73 Å². The third-order valence-corrected chi connectivity index (χ3v) is 1.94. The van der Waals surface area contributed by atoms with Crippen LogP contribution in [-0.4, -0.2) is 27.3 Å². The van der Waals surface area contributed by atoms with Crippen molar-refractivity contribution in [3.05, 3.63) is 11.9 Å². The van der Waals surface area contributed by atoms with Gasteiger partial charge in [-0.2, -0.15) is 0 Å². The maximum absolute atomic E-state index is 11.5. The van der Waals surface area contributed by atoms with Crippen molar-refractivity contribution in [1.29, 1.82) is 0 Å². The topological polar surface area (TPSA) is 73.8 Å². The van der Waals surface area contributed by atoms with Crippen LogP contribution in [0.3, 0.4) is 0 Å². The van der Waals surface area contributed by atoms with Gasteiger partial charge in [0.1, 0.15) is 5.69 Å². The Morgan fingerprint density at radius 2 is 2.46 bits per heavy atom. The van der Waals surface area contributed by atoms with E-state index in [4.69, 9.17) is 5.73 Å². The minimum atomic E-state index is 0.0467. The summed E-state index contributed by atoms with van der Waals surface area (Å²) < 4.78 is 1.48. The second-order valence-electron chi connectivity index (χ2n) is 3.21. The summed E-state index contributed by atoms with van der Waals surface area (Å²) in [6.45, 7) is 2.47. The molecule has 0 saturated heterocycles. The Hall–Kier alpha value is -1.23. The standard InChI is InChI=1S/C8H14N4O/c1-6(4-9)3-8(13)7-5-10-11-12(7)2/h5-6H,3-4,9H2,1-2H3. The quantitative estimate of drug-likeness (QED) is 0.664. The number of hydrogen-bond donors (Lipinski definition) is 1. The van der Waals surface area contributed by atoms with Crippen molar-refractivity contribution in [2.24, 2.45) is 18.7 Å². The number of carbonyl (C=O) groups is 1. The highest BCUT2D eigenvalue weighted by molar-refractivity contribution is 5.94. The molecule has 72 valence electrons. The molecule has 0 spiro atoms. The first kappa shape index (κ1) is 9.85. The monoisotopic (exact) mass is 182 g/mol. The molecule has 0 radical (unpaired) electrons. The van der Waals surface area contributed by atoms with Gasteiger partial charge in [0.25, 0.3) is 0 Å². The minimum Gasteiger partial charge on any atom is -0.330 e. The molecule has 0 fully saturated rings. The summed E-state index contributed by atoms with van der Waals surface area (Å²) in [5, 5.41) is 7.32. The van der Waals surface area contributed by atoms with Gasteiger partial charge in [-0.05, 0) is 12.5 Å². The van der Waals surface area contributed by atoms with E-state index in [1.807, 2.05) is 6.92 Å². The zero-order chi connectivity index (χ0) is 9.84. The fourth-order valence-electron chi connectivity index (χ4n) is 1.05. The molecule has 0 aliphatic heterocycles. The zero-order valence-electron chi connectivity index (χ0n) is 7.90. The lowest BCUT2D eigenvalue weighted by atomic mass is 10.0. The lowest BCUT2D eigenvalue weighted by Crippen LogP contribution is -2.17. The summed E-state index contributed by atoms with van der Waals surface area (Å²) in [5.74, 6) is 0.257. The van der Waals surface area contributed by atoms with Gasteiger partial charge in [-0.1, -0.05) is 12.1 Å². The molecule has 5 heteroatoms. The van der Waals surface area contributed by atoms with Gasteiger partial charge in [0.2, 0.25) is 0 Å². The SMILES string of the molecule is CC(CN)CC(=O)c1cnnn1C. The molecule has 5 nitrogen and oxygen atoms in total. The lowest BCUT2D eigenvalue weighted by molar-refractivity contribution is 0.0956. The normalized spacial score (nSPS) is 12.8. The molecule has 1 heterocycles. The number of carbonyl (C=O) groups excluding carboxylic acids is 1. The predicted molar refractivity (Wildman–Crippen MR) is 48.2 cm³/mol. The molecule has 13 heavy (non-hydrogen) atoms. The van der Waals surface area contributed by atoms with E-state index in [-0.39, 0.29) is 11.7 Å². The van der Waals surface area contributed by atoms with Gasteiger partial charge in [0.05, 0.1) is 6.20 Å². The first-order valence-corrected chi connectivity index (χ1v) is 4.23. The number of aromatic nitrogens is 3. The van der Waals surface area contributed by atoms with E-state index >= 15 is 0 Å². The third-order valence-electron chi connectivity index (χ3n) is 1.94. The molecule has 1 rings (SSSR count). The van der Waals surface area contributed by atoms with E-state index < -0.39 is 0 Å². The minimum absolute atomic E-state index is 0.0467. The number of rotatable bonds is 4. The Labute approximate surface area is 76.9 Å². The second-order valence-corrected chi connectivity index (χ2v) is 3.21. The van der Waals surface area contributed by atoms with Crippen molar-refractivity contribution in [3.8, 4) is 0 Å². The van der Waals surface area contributed by atoms with E-state index in [0.29, 0.717) is 18.7 Å². The molecule has 0 saturated carbocycles. The van der Waals surface area contributed by atoms with Crippen molar-refractivity contribution in [2.45, 2.75) is 13.3 Å². The van der Waals surface area contributed by atoms with Crippen LogP contribution in [0.1, 0.15) is 23.8 Å².